The Bertz CT molecular complexity index is 1270. The molecule has 1 saturated heterocycles. The Hall–Kier alpha value is -2.50. The molecular formula is C27H28ClNO3S. The summed E-state index contributed by atoms with van der Waals surface area (Å²) in [6, 6.07) is 22.5. The van der Waals surface area contributed by atoms with E-state index in [1.165, 1.54) is 17.5 Å². The molecule has 0 atom stereocenters. The highest BCUT2D eigenvalue weighted by Gasteiger charge is 2.39. The molecular weight excluding hydrogens is 454 g/mol. The minimum atomic E-state index is -3.13. The molecule has 33 heavy (non-hydrogen) atoms. The third-order valence-electron chi connectivity index (χ3n) is 6.84. The highest BCUT2D eigenvalue weighted by molar-refractivity contribution is 7.89. The number of hydrogen-bond acceptors (Lipinski definition) is 4. The molecule has 2 aliphatic rings. The lowest BCUT2D eigenvalue weighted by atomic mass is 9.82. The van der Waals surface area contributed by atoms with Gasteiger partial charge < -0.3 is 9.64 Å². The van der Waals surface area contributed by atoms with Crippen LogP contribution in [0, 0.1) is 0 Å². The van der Waals surface area contributed by atoms with Gasteiger partial charge in [-0.3, -0.25) is 0 Å². The Morgan fingerprint density at radius 3 is 2.33 bits per heavy atom. The van der Waals surface area contributed by atoms with Crippen LogP contribution in [0.3, 0.4) is 0 Å². The number of halogens is 1. The van der Waals surface area contributed by atoms with Crippen LogP contribution in [-0.2, 0) is 22.0 Å². The molecule has 1 fully saturated rings. The molecule has 4 nitrogen and oxygen atoms in total. The monoisotopic (exact) mass is 481 g/mol. The van der Waals surface area contributed by atoms with Gasteiger partial charge >= 0.3 is 0 Å². The number of piperidine rings is 1. The average Bonchev–Trinajstić information content (AvgIpc) is 2.80. The number of sulfone groups is 1. The third-order valence-corrected chi connectivity index (χ3v) is 8.02. The number of hydrogen-bond donors (Lipinski definition) is 0. The van der Waals surface area contributed by atoms with Crippen LogP contribution in [0.4, 0.5) is 5.69 Å². The molecule has 3 aromatic carbocycles. The smallest absolute Gasteiger partial charge is 0.151 e. The number of ether oxygens (including phenoxy) is 1. The second-order valence-corrected chi connectivity index (χ2v) is 11.9. The fourth-order valence-corrected chi connectivity index (χ4v) is 6.13. The van der Waals surface area contributed by atoms with E-state index in [1.807, 2.05) is 18.2 Å². The predicted octanol–water partition coefficient (Wildman–Crippen LogP) is 5.92. The largest absolute Gasteiger partial charge is 0.487 e. The van der Waals surface area contributed by atoms with Crippen molar-refractivity contribution in [1.29, 1.82) is 0 Å². The number of benzene rings is 3. The van der Waals surface area contributed by atoms with Gasteiger partial charge in [-0.2, -0.15) is 0 Å². The lowest BCUT2D eigenvalue weighted by molar-refractivity contribution is 0.0226. The van der Waals surface area contributed by atoms with E-state index in [1.54, 1.807) is 0 Å². The molecule has 0 saturated carbocycles. The highest BCUT2D eigenvalue weighted by Crippen LogP contribution is 2.41. The third kappa shape index (κ3) is 4.90. The molecule has 172 valence electrons. The van der Waals surface area contributed by atoms with Crippen molar-refractivity contribution in [2.45, 2.75) is 37.0 Å². The van der Waals surface area contributed by atoms with Gasteiger partial charge in [0.15, 0.2) is 9.84 Å². The van der Waals surface area contributed by atoms with Gasteiger partial charge in [0.05, 0.1) is 5.75 Å². The van der Waals surface area contributed by atoms with E-state index in [-0.39, 0.29) is 11.4 Å². The van der Waals surface area contributed by atoms with Crippen LogP contribution in [-0.4, -0.2) is 33.4 Å². The fraction of sp³-hybridized carbons (Fsp3) is 0.333. The van der Waals surface area contributed by atoms with Gasteiger partial charge in [-0.15, -0.1) is 0 Å². The lowest BCUT2D eigenvalue weighted by Gasteiger charge is -2.45. The van der Waals surface area contributed by atoms with Gasteiger partial charge in [0.1, 0.15) is 11.4 Å². The van der Waals surface area contributed by atoms with Crippen LogP contribution < -0.4 is 9.64 Å². The first-order valence-electron chi connectivity index (χ1n) is 11.4. The second-order valence-electron chi connectivity index (χ2n) is 9.31. The van der Waals surface area contributed by atoms with Crippen LogP contribution in [0.2, 0.25) is 5.02 Å². The van der Waals surface area contributed by atoms with E-state index in [4.69, 9.17) is 16.3 Å². The molecule has 0 radical (unpaired) electrons. The van der Waals surface area contributed by atoms with Gasteiger partial charge in [-0.1, -0.05) is 48.0 Å². The molecule has 2 heterocycles. The molecule has 0 amide bonds. The van der Waals surface area contributed by atoms with Gasteiger partial charge in [0, 0.05) is 42.9 Å². The topological polar surface area (TPSA) is 46.6 Å². The summed E-state index contributed by atoms with van der Waals surface area (Å²) < 4.78 is 29.8. The number of fused-ring (bicyclic) bond motifs is 1. The van der Waals surface area contributed by atoms with Crippen LogP contribution in [0.25, 0.3) is 11.1 Å². The standard InChI is InChI=1S/C27H28ClNO3S/c1-33(30,31)19-23-8-7-21(18-25(23)28)20-9-10-26-22(17-20)11-12-27(32-26)13-15-29(16-14-27)24-5-3-2-4-6-24/h2-10,17-18H,11-16,19H2,1H3. The van der Waals surface area contributed by atoms with Gasteiger partial charge in [0.25, 0.3) is 0 Å². The molecule has 6 heteroatoms. The van der Waals surface area contributed by atoms with Crippen molar-refractivity contribution in [2.24, 2.45) is 0 Å². The Labute approximate surface area is 201 Å². The summed E-state index contributed by atoms with van der Waals surface area (Å²) in [6.45, 7) is 2.02. The van der Waals surface area contributed by atoms with Crippen LogP contribution in [0.1, 0.15) is 30.4 Å². The molecule has 1 spiro atoms. The normalized spacial score (nSPS) is 17.5. The van der Waals surface area contributed by atoms with E-state index in [9.17, 15) is 8.42 Å². The Kier molecular flexibility index (Phi) is 5.87. The first-order chi connectivity index (χ1) is 15.8. The first kappa shape index (κ1) is 22.3. The maximum absolute atomic E-state index is 11.6. The minimum Gasteiger partial charge on any atom is -0.487 e. The zero-order valence-electron chi connectivity index (χ0n) is 18.8. The highest BCUT2D eigenvalue weighted by atomic mass is 35.5. The van der Waals surface area contributed by atoms with Crippen LogP contribution in [0.5, 0.6) is 5.75 Å². The maximum Gasteiger partial charge on any atom is 0.151 e. The van der Waals surface area contributed by atoms with Crippen molar-refractivity contribution in [1.82, 2.24) is 0 Å². The Balaban J connectivity index is 1.30. The number of rotatable bonds is 4. The summed E-state index contributed by atoms with van der Waals surface area (Å²) >= 11 is 6.39. The van der Waals surface area contributed by atoms with Crippen molar-refractivity contribution in [2.75, 3.05) is 24.2 Å². The van der Waals surface area contributed by atoms with E-state index in [0.29, 0.717) is 10.6 Å². The average molecular weight is 482 g/mol. The summed E-state index contributed by atoms with van der Waals surface area (Å²) in [4.78, 5) is 2.45. The van der Waals surface area contributed by atoms with Crippen molar-refractivity contribution >= 4 is 27.1 Å². The SMILES string of the molecule is CS(=O)(=O)Cc1ccc(-c2ccc3c(c2)CCC2(CCN(c4ccccc4)CC2)O3)cc1Cl. The van der Waals surface area contributed by atoms with Gasteiger partial charge in [-0.25, -0.2) is 8.42 Å². The van der Waals surface area contributed by atoms with Crippen molar-refractivity contribution < 1.29 is 13.2 Å². The molecule has 2 aliphatic heterocycles. The molecule has 3 aromatic rings. The lowest BCUT2D eigenvalue weighted by Crippen LogP contribution is -2.49. The van der Waals surface area contributed by atoms with Crippen molar-refractivity contribution in [3.63, 3.8) is 0 Å². The predicted molar refractivity (Wildman–Crippen MR) is 135 cm³/mol. The van der Waals surface area contributed by atoms with Crippen LogP contribution >= 0.6 is 11.6 Å². The number of nitrogens with zero attached hydrogens (tertiary/aromatic N) is 1. The Morgan fingerprint density at radius 1 is 0.939 bits per heavy atom. The van der Waals surface area contributed by atoms with E-state index in [2.05, 4.69) is 53.4 Å². The van der Waals surface area contributed by atoms with Gasteiger partial charge in [0.2, 0.25) is 0 Å². The summed E-state index contributed by atoms with van der Waals surface area (Å²) in [7, 11) is -3.13. The zero-order chi connectivity index (χ0) is 23.1. The molecule has 0 aliphatic carbocycles. The summed E-state index contributed by atoms with van der Waals surface area (Å²) in [6.07, 6.45) is 5.30. The van der Waals surface area contributed by atoms with Gasteiger partial charge in [-0.05, 0) is 65.4 Å². The van der Waals surface area contributed by atoms with E-state index >= 15 is 0 Å². The van der Waals surface area contributed by atoms with Crippen molar-refractivity contribution in [3.05, 3.63) is 82.9 Å². The maximum atomic E-state index is 11.6. The molecule has 0 aromatic heterocycles. The summed E-state index contributed by atoms with van der Waals surface area (Å²) in [5.41, 5.74) is 5.12. The number of anilines is 1. The van der Waals surface area contributed by atoms with E-state index < -0.39 is 9.84 Å². The first-order valence-corrected chi connectivity index (χ1v) is 13.8. The quantitative estimate of drug-likeness (QED) is 0.464. The van der Waals surface area contributed by atoms with E-state index in [0.717, 1.165) is 55.6 Å². The molecule has 0 N–H and O–H groups in total. The van der Waals surface area contributed by atoms with Crippen molar-refractivity contribution in [3.8, 4) is 16.9 Å². The minimum absolute atomic E-state index is 0.0477. The molecule has 0 unspecified atom stereocenters. The Morgan fingerprint density at radius 2 is 1.64 bits per heavy atom. The zero-order valence-corrected chi connectivity index (χ0v) is 20.3. The number of para-hydroxylation sites is 1. The number of aryl methyl sites for hydroxylation is 1. The summed E-state index contributed by atoms with van der Waals surface area (Å²) in [5, 5.41) is 0.482. The second kappa shape index (κ2) is 8.69. The molecule has 0 bridgehead atoms. The fourth-order valence-electron chi connectivity index (χ4n) is 4.99. The van der Waals surface area contributed by atoms with Crippen LogP contribution in [0.15, 0.2) is 66.7 Å². The summed E-state index contributed by atoms with van der Waals surface area (Å²) in [5.74, 6) is 0.937. The molecule has 5 rings (SSSR count).